The number of nitrogens with zero attached hydrogens (tertiary/aromatic N) is 4. The summed E-state index contributed by atoms with van der Waals surface area (Å²) in [6, 6.07) is 10.7. The van der Waals surface area contributed by atoms with Crippen LogP contribution in [0.5, 0.6) is 5.75 Å². The first-order chi connectivity index (χ1) is 18.5. The molecule has 1 aromatic carbocycles. The lowest BCUT2D eigenvalue weighted by molar-refractivity contribution is -0.199. The van der Waals surface area contributed by atoms with Crippen LogP contribution in [0.2, 0.25) is 5.02 Å². The van der Waals surface area contributed by atoms with Crippen LogP contribution in [0, 0.1) is 0 Å². The summed E-state index contributed by atoms with van der Waals surface area (Å²) in [5.74, 6) is -2.20. The second-order valence-corrected chi connectivity index (χ2v) is 11.0. The van der Waals surface area contributed by atoms with Crippen LogP contribution in [-0.2, 0) is 21.4 Å². The maximum absolute atomic E-state index is 13.0. The quantitative estimate of drug-likeness (QED) is 0.314. The van der Waals surface area contributed by atoms with Gasteiger partial charge in [-0.05, 0) is 48.2 Å². The van der Waals surface area contributed by atoms with E-state index in [1.807, 2.05) is 0 Å². The third-order valence-corrected chi connectivity index (χ3v) is 8.19. The number of pyridine rings is 2. The zero-order chi connectivity index (χ0) is 27.8. The van der Waals surface area contributed by atoms with Gasteiger partial charge in [-0.25, -0.2) is 18.2 Å². The van der Waals surface area contributed by atoms with Crippen LogP contribution in [0.25, 0.3) is 22.2 Å². The van der Waals surface area contributed by atoms with Gasteiger partial charge < -0.3 is 9.57 Å². The highest BCUT2D eigenvalue weighted by atomic mass is 35.5. The van der Waals surface area contributed by atoms with Crippen molar-refractivity contribution in [3.63, 3.8) is 0 Å². The summed E-state index contributed by atoms with van der Waals surface area (Å²) in [5.41, 5.74) is 1.09. The van der Waals surface area contributed by atoms with Crippen molar-refractivity contribution in [2.24, 2.45) is 0 Å². The van der Waals surface area contributed by atoms with E-state index in [1.165, 1.54) is 47.2 Å². The third kappa shape index (κ3) is 5.56. The van der Waals surface area contributed by atoms with E-state index in [2.05, 4.69) is 14.8 Å². The van der Waals surface area contributed by atoms with Gasteiger partial charge in [-0.3, -0.25) is 4.98 Å². The molecule has 204 valence electrons. The molecule has 14 heteroatoms. The van der Waals surface area contributed by atoms with Crippen molar-refractivity contribution in [2.45, 2.75) is 30.5 Å². The molecule has 0 saturated carbocycles. The summed E-state index contributed by atoms with van der Waals surface area (Å²) >= 11 is 5.91. The van der Waals surface area contributed by atoms with Crippen LogP contribution in [0.1, 0.15) is 18.5 Å². The second-order valence-electron chi connectivity index (χ2n) is 8.67. The van der Waals surface area contributed by atoms with Gasteiger partial charge in [0.05, 0.1) is 21.8 Å². The zero-order valence-electron chi connectivity index (χ0n) is 20.1. The first-order valence-corrected chi connectivity index (χ1v) is 13.5. The molecule has 1 aliphatic rings. The predicted molar refractivity (Wildman–Crippen MR) is 134 cm³/mol. The van der Waals surface area contributed by atoms with E-state index >= 15 is 0 Å². The van der Waals surface area contributed by atoms with Crippen LogP contribution in [0.3, 0.4) is 0 Å². The summed E-state index contributed by atoms with van der Waals surface area (Å²) in [7, 11) is -3.63. The molecule has 0 aliphatic carbocycles. The first kappa shape index (κ1) is 26.9. The fraction of sp³-hybridized carbons (Fsp3) is 0.240. The number of carbonyl (C=O) groups excluding carboxylic acids is 1. The molecule has 39 heavy (non-hydrogen) atoms. The van der Waals surface area contributed by atoms with E-state index in [9.17, 15) is 26.4 Å². The lowest BCUT2D eigenvalue weighted by atomic mass is 10.0. The molecule has 5 rings (SSSR count). The van der Waals surface area contributed by atoms with E-state index in [4.69, 9.17) is 16.3 Å². The fourth-order valence-electron chi connectivity index (χ4n) is 4.23. The van der Waals surface area contributed by atoms with Gasteiger partial charge in [0.15, 0.2) is 5.65 Å². The van der Waals surface area contributed by atoms with Crippen LogP contribution < -0.4 is 9.57 Å². The van der Waals surface area contributed by atoms with E-state index in [0.717, 1.165) is 12.8 Å². The molecule has 1 fully saturated rings. The molecule has 0 bridgehead atoms. The van der Waals surface area contributed by atoms with Crippen molar-refractivity contribution in [3.05, 3.63) is 71.8 Å². The highest BCUT2D eigenvalue weighted by Gasteiger charge is 2.42. The number of hydrogen-bond acceptors (Lipinski definition) is 7. The molecule has 0 spiro atoms. The zero-order valence-corrected chi connectivity index (χ0v) is 21.6. The summed E-state index contributed by atoms with van der Waals surface area (Å²) in [6.45, 7) is 0.626. The van der Waals surface area contributed by atoms with Crippen molar-refractivity contribution in [1.82, 2.24) is 19.0 Å². The predicted octanol–water partition coefficient (Wildman–Crippen LogP) is 4.63. The van der Waals surface area contributed by atoms with Gasteiger partial charge in [-0.15, -0.1) is 0 Å². The Morgan fingerprint density at radius 1 is 1.05 bits per heavy atom. The van der Waals surface area contributed by atoms with Crippen LogP contribution in [-0.4, -0.2) is 52.7 Å². The maximum Gasteiger partial charge on any atom is 0.493 e. The third-order valence-electron chi connectivity index (χ3n) is 6.07. The number of carbonyl (C=O) groups is 1. The highest BCUT2D eigenvalue weighted by Crippen LogP contribution is 2.32. The minimum Gasteiger partial charge on any atom is -0.486 e. The van der Waals surface area contributed by atoms with Gasteiger partial charge in [0.1, 0.15) is 12.4 Å². The SMILES string of the molecule is O=C(On1c(COc2cncc(Cl)c2)cc2c(-c3ccc(S(=O)(=O)N4CCCC4)cc3)ccnc21)C(F)(F)F. The van der Waals surface area contributed by atoms with Crippen molar-refractivity contribution in [1.29, 1.82) is 0 Å². The maximum atomic E-state index is 13.0. The number of sulfonamides is 1. The molecular formula is C25H20ClF3N4O5S. The van der Waals surface area contributed by atoms with Crippen LogP contribution in [0.4, 0.5) is 13.2 Å². The van der Waals surface area contributed by atoms with Crippen molar-refractivity contribution in [2.75, 3.05) is 13.1 Å². The Hall–Kier alpha value is -3.68. The Balaban J connectivity index is 1.53. The average Bonchev–Trinajstić information content (AvgIpc) is 3.56. The summed E-state index contributed by atoms with van der Waals surface area (Å²) in [5, 5.41) is 0.640. The number of fused-ring (bicyclic) bond motifs is 1. The van der Waals surface area contributed by atoms with E-state index in [1.54, 1.807) is 18.2 Å². The molecule has 0 unspecified atom stereocenters. The Bertz CT molecular complexity index is 1640. The van der Waals surface area contributed by atoms with Gasteiger partial charge in [-0.1, -0.05) is 23.7 Å². The largest absolute Gasteiger partial charge is 0.493 e. The number of hydrogen-bond donors (Lipinski definition) is 0. The van der Waals surface area contributed by atoms with Crippen molar-refractivity contribution < 1.29 is 36.0 Å². The standard InChI is InChI=1S/C25H20ClF3N4O5S/c26-17-11-19(14-30-13-17)37-15-18-12-22-21(7-8-31-23(22)33(18)38-24(34)25(27,28)29)16-3-5-20(6-4-16)39(35,36)32-9-1-2-10-32/h3-8,11-14H,1-2,9-10,15H2. The molecule has 4 heterocycles. The summed E-state index contributed by atoms with van der Waals surface area (Å²) < 4.78 is 72.6. The lowest BCUT2D eigenvalue weighted by Crippen LogP contribution is -2.34. The molecule has 1 saturated heterocycles. The van der Waals surface area contributed by atoms with Gasteiger partial charge in [-0.2, -0.15) is 22.2 Å². The van der Waals surface area contributed by atoms with Crippen LogP contribution in [0.15, 0.2) is 66.0 Å². The minimum absolute atomic E-state index is 0.0516. The Morgan fingerprint density at radius 3 is 2.44 bits per heavy atom. The first-order valence-electron chi connectivity index (χ1n) is 11.7. The normalized spacial score (nSPS) is 14.6. The Kier molecular flexibility index (Phi) is 7.23. The second kappa shape index (κ2) is 10.5. The summed E-state index contributed by atoms with van der Waals surface area (Å²) in [6.07, 6.45) is 0.455. The summed E-state index contributed by atoms with van der Waals surface area (Å²) in [4.78, 5) is 24.5. The van der Waals surface area contributed by atoms with E-state index < -0.39 is 22.2 Å². The molecule has 1 aliphatic heterocycles. The van der Waals surface area contributed by atoms with Gasteiger partial charge in [0.25, 0.3) is 0 Å². The average molecular weight is 581 g/mol. The van der Waals surface area contributed by atoms with Gasteiger partial charge in [0.2, 0.25) is 10.0 Å². The molecule has 3 aromatic heterocycles. The van der Waals surface area contributed by atoms with Gasteiger partial charge in [0, 0.05) is 36.9 Å². The topological polar surface area (TPSA) is 104 Å². The number of ether oxygens (including phenoxy) is 1. The molecule has 0 atom stereocenters. The number of rotatable bonds is 7. The molecule has 0 amide bonds. The Morgan fingerprint density at radius 2 is 1.77 bits per heavy atom. The highest BCUT2D eigenvalue weighted by molar-refractivity contribution is 7.89. The number of benzene rings is 1. The number of halogens is 4. The monoisotopic (exact) mass is 580 g/mol. The van der Waals surface area contributed by atoms with E-state index in [0.29, 0.717) is 34.3 Å². The van der Waals surface area contributed by atoms with Gasteiger partial charge >= 0.3 is 12.1 Å². The molecular weight excluding hydrogens is 561 g/mol. The molecule has 4 aromatic rings. The minimum atomic E-state index is -5.25. The van der Waals surface area contributed by atoms with E-state index in [-0.39, 0.29) is 33.6 Å². The van der Waals surface area contributed by atoms with Crippen LogP contribution >= 0.6 is 11.6 Å². The lowest BCUT2D eigenvalue weighted by Gasteiger charge is -2.15. The molecule has 0 N–H and O–H groups in total. The number of alkyl halides is 3. The molecule has 0 radical (unpaired) electrons. The smallest absolute Gasteiger partial charge is 0.486 e. The molecule has 9 nitrogen and oxygen atoms in total. The fourth-order valence-corrected chi connectivity index (χ4v) is 5.91. The van der Waals surface area contributed by atoms with Crippen molar-refractivity contribution >= 4 is 38.6 Å². The Labute approximate surface area is 225 Å². The number of aromatic nitrogens is 3. The van der Waals surface area contributed by atoms with Crippen molar-refractivity contribution in [3.8, 4) is 16.9 Å².